The van der Waals surface area contributed by atoms with Crippen LogP contribution in [0.15, 0.2) is 71.6 Å². The number of hydrogen-bond acceptors (Lipinski definition) is 5. The van der Waals surface area contributed by atoms with Gasteiger partial charge in [-0.3, -0.25) is 4.79 Å². The van der Waals surface area contributed by atoms with Gasteiger partial charge in [0.2, 0.25) is 15.9 Å². The molecule has 0 saturated carbocycles. The van der Waals surface area contributed by atoms with E-state index in [1.54, 1.807) is 18.2 Å². The van der Waals surface area contributed by atoms with Crippen LogP contribution in [0.5, 0.6) is 5.75 Å². The van der Waals surface area contributed by atoms with Crippen LogP contribution in [0.25, 0.3) is 6.08 Å². The van der Waals surface area contributed by atoms with Crippen LogP contribution in [0, 0.1) is 5.82 Å². The molecule has 4 rings (SSSR count). The summed E-state index contributed by atoms with van der Waals surface area (Å²) in [6, 6.07) is 15.3. The molecule has 7 nitrogen and oxygen atoms in total. The maximum Gasteiger partial charge on any atom is 0.248 e. The van der Waals surface area contributed by atoms with E-state index in [1.807, 2.05) is 18.2 Å². The lowest BCUT2D eigenvalue weighted by atomic mass is 10.0. The van der Waals surface area contributed by atoms with Crippen LogP contribution < -0.4 is 20.5 Å². The molecule has 34 heavy (non-hydrogen) atoms. The molecule has 176 valence electrons. The van der Waals surface area contributed by atoms with Crippen molar-refractivity contribution >= 4 is 33.4 Å². The van der Waals surface area contributed by atoms with Gasteiger partial charge in [-0.1, -0.05) is 18.2 Å². The van der Waals surface area contributed by atoms with Gasteiger partial charge in [-0.05, 0) is 78.1 Å². The highest BCUT2D eigenvalue weighted by atomic mass is 32.2. The molecule has 0 bridgehead atoms. The molecule has 1 atom stereocenters. The van der Waals surface area contributed by atoms with Gasteiger partial charge in [-0.2, -0.15) is 0 Å². The maximum atomic E-state index is 13.1. The van der Waals surface area contributed by atoms with Gasteiger partial charge in [0.15, 0.2) is 0 Å². The van der Waals surface area contributed by atoms with Gasteiger partial charge >= 0.3 is 0 Å². The third-order valence-corrected chi connectivity index (χ3v) is 7.10. The normalized spacial score (nSPS) is 15.3. The molecule has 0 spiro atoms. The van der Waals surface area contributed by atoms with E-state index in [9.17, 15) is 17.6 Å². The highest BCUT2D eigenvalue weighted by Gasteiger charge is 2.27. The predicted octanol–water partition coefficient (Wildman–Crippen LogP) is 4.03. The third-order valence-electron chi connectivity index (χ3n) is 5.61. The topological polar surface area (TPSA) is 111 Å². The Kier molecular flexibility index (Phi) is 6.67. The lowest BCUT2D eigenvalue weighted by molar-refractivity contribution is -0.111. The summed E-state index contributed by atoms with van der Waals surface area (Å²) in [6.45, 7) is 0. The van der Waals surface area contributed by atoms with Crippen molar-refractivity contribution in [1.29, 1.82) is 0 Å². The molecule has 0 heterocycles. The highest BCUT2D eigenvalue weighted by Crippen LogP contribution is 2.33. The van der Waals surface area contributed by atoms with E-state index in [4.69, 9.17) is 10.5 Å². The number of nitrogen functional groups attached to an aromatic ring is 1. The van der Waals surface area contributed by atoms with Gasteiger partial charge < -0.3 is 15.8 Å². The van der Waals surface area contributed by atoms with Gasteiger partial charge in [0.05, 0.1) is 23.4 Å². The summed E-state index contributed by atoms with van der Waals surface area (Å²) >= 11 is 0. The summed E-state index contributed by atoms with van der Waals surface area (Å²) in [5, 5.41) is 2.61. The van der Waals surface area contributed by atoms with Gasteiger partial charge in [-0.25, -0.2) is 17.5 Å². The summed E-state index contributed by atoms with van der Waals surface area (Å²) in [6.07, 6.45) is 4.38. The van der Waals surface area contributed by atoms with Gasteiger partial charge in [0, 0.05) is 12.1 Å². The second-order valence-corrected chi connectivity index (χ2v) is 9.61. The number of nitrogens with two attached hydrogens (primary N) is 1. The number of benzene rings is 3. The number of sulfonamides is 1. The zero-order valence-corrected chi connectivity index (χ0v) is 19.2. The fraction of sp³-hybridized carbons (Fsp3) is 0.160. The molecule has 1 aliphatic rings. The standard InChI is InChI=1S/C25H24FN3O4S/c1-33-19-6-8-20(9-7-19)34(31,32)29-23-11-4-17-14-16(2-10-21(17)23)3-13-25(30)28-24-12-5-18(26)15-22(24)27/h2-3,5-10,12-15,23,29H,4,11,27H2,1H3,(H,28,30)/b13-3+. The predicted molar refractivity (Wildman–Crippen MR) is 129 cm³/mol. The summed E-state index contributed by atoms with van der Waals surface area (Å²) < 4.78 is 46.6. The molecule has 0 radical (unpaired) electrons. The van der Waals surface area contributed by atoms with Crippen molar-refractivity contribution in [3.05, 3.63) is 89.2 Å². The minimum atomic E-state index is -3.69. The number of anilines is 2. The molecular formula is C25H24FN3O4S. The first-order valence-electron chi connectivity index (χ1n) is 10.6. The number of rotatable bonds is 7. The number of aryl methyl sites for hydroxylation is 1. The SMILES string of the molecule is COc1ccc(S(=O)(=O)NC2CCc3cc(/C=C/C(=O)Nc4ccc(F)cc4N)ccc32)cc1. The number of ether oxygens (including phenoxy) is 1. The van der Waals surface area contributed by atoms with Gasteiger partial charge in [-0.15, -0.1) is 0 Å². The molecular weight excluding hydrogens is 457 g/mol. The zero-order valence-electron chi connectivity index (χ0n) is 18.4. The molecule has 1 aliphatic carbocycles. The number of carbonyl (C=O) groups is 1. The van der Waals surface area contributed by atoms with Crippen LogP contribution in [0.2, 0.25) is 0 Å². The maximum absolute atomic E-state index is 13.1. The Morgan fingerprint density at radius 2 is 1.88 bits per heavy atom. The van der Waals surface area contributed by atoms with E-state index < -0.39 is 21.7 Å². The highest BCUT2D eigenvalue weighted by molar-refractivity contribution is 7.89. The van der Waals surface area contributed by atoms with Crippen LogP contribution in [0.4, 0.5) is 15.8 Å². The van der Waals surface area contributed by atoms with E-state index in [-0.39, 0.29) is 16.6 Å². The van der Waals surface area contributed by atoms with Crippen molar-refractivity contribution in [2.24, 2.45) is 0 Å². The van der Waals surface area contributed by atoms with Crippen molar-refractivity contribution in [1.82, 2.24) is 4.72 Å². The summed E-state index contributed by atoms with van der Waals surface area (Å²) in [4.78, 5) is 12.4. The van der Waals surface area contributed by atoms with Crippen molar-refractivity contribution in [2.75, 3.05) is 18.2 Å². The Bertz CT molecular complexity index is 1360. The van der Waals surface area contributed by atoms with Crippen LogP contribution in [-0.4, -0.2) is 21.4 Å². The second-order valence-electron chi connectivity index (χ2n) is 7.90. The number of amides is 1. The molecule has 1 amide bonds. The molecule has 3 aromatic rings. The van der Waals surface area contributed by atoms with Crippen molar-refractivity contribution in [3.8, 4) is 5.75 Å². The lowest BCUT2D eigenvalue weighted by Gasteiger charge is -2.15. The van der Waals surface area contributed by atoms with Crippen molar-refractivity contribution in [2.45, 2.75) is 23.8 Å². The first-order chi connectivity index (χ1) is 16.2. The summed E-state index contributed by atoms with van der Waals surface area (Å²) in [5.41, 5.74) is 8.92. The van der Waals surface area contributed by atoms with Gasteiger partial charge in [0.1, 0.15) is 11.6 Å². The average Bonchev–Trinajstić information content (AvgIpc) is 3.21. The van der Waals surface area contributed by atoms with Gasteiger partial charge in [0.25, 0.3) is 0 Å². The largest absolute Gasteiger partial charge is 0.497 e. The molecule has 3 aromatic carbocycles. The number of methoxy groups -OCH3 is 1. The monoisotopic (exact) mass is 481 g/mol. The Balaban J connectivity index is 1.43. The number of nitrogens with one attached hydrogen (secondary N) is 2. The van der Waals surface area contributed by atoms with Crippen LogP contribution in [-0.2, 0) is 21.2 Å². The molecule has 0 aromatic heterocycles. The van der Waals surface area contributed by atoms with E-state index >= 15 is 0 Å². The molecule has 0 aliphatic heterocycles. The number of hydrogen-bond donors (Lipinski definition) is 3. The Hall–Kier alpha value is -3.69. The number of halogens is 1. The minimum Gasteiger partial charge on any atom is -0.497 e. The number of fused-ring (bicyclic) bond motifs is 1. The zero-order chi connectivity index (χ0) is 24.3. The van der Waals surface area contributed by atoms with Crippen molar-refractivity contribution in [3.63, 3.8) is 0 Å². The van der Waals surface area contributed by atoms with E-state index in [0.717, 1.165) is 22.8 Å². The Labute approximate surface area is 197 Å². The quantitative estimate of drug-likeness (QED) is 0.349. The van der Waals surface area contributed by atoms with E-state index in [1.165, 1.54) is 37.5 Å². The third kappa shape index (κ3) is 5.27. The molecule has 0 fully saturated rings. The average molecular weight is 482 g/mol. The fourth-order valence-corrected chi connectivity index (χ4v) is 5.12. The van der Waals surface area contributed by atoms with Crippen molar-refractivity contribution < 1.29 is 22.3 Å². The first kappa shape index (κ1) is 23.5. The molecule has 9 heteroatoms. The Morgan fingerprint density at radius 3 is 2.59 bits per heavy atom. The summed E-state index contributed by atoms with van der Waals surface area (Å²) in [7, 11) is -2.16. The molecule has 4 N–H and O–H groups in total. The Morgan fingerprint density at radius 1 is 1.12 bits per heavy atom. The smallest absolute Gasteiger partial charge is 0.248 e. The molecule has 1 unspecified atom stereocenters. The van der Waals surface area contributed by atoms with Crippen LogP contribution in [0.1, 0.15) is 29.2 Å². The molecule has 0 saturated heterocycles. The first-order valence-corrected chi connectivity index (χ1v) is 12.1. The second kappa shape index (κ2) is 9.66. The van der Waals surface area contributed by atoms with E-state index in [2.05, 4.69) is 10.0 Å². The van der Waals surface area contributed by atoms with Crippen LogP contribution >= 0.6 is 0 Å². The number of carbonyl (C=O) groups excluding carboxylic acids is 1. The van der Waals surface area contributed by atoms with Crippen LogP contribution in [0.3, 0.4) is 0 Å². The fourth-order valence-electron chi connectivity index (χ4n) is 3.87. The lowest BCUT2D eigenvalue weighted by Crippen LogP contribution is -2.27. The van der Waals surface area contributed by atoms with E-state index in [0.29, 0.717) is 24.3 Å². The minimum absolute atomic E-state index is 0.141. The summed E-state index contributed by atoms with van der Waals surface area (Å²) in [5.74, 6) is -0.293.